The SMILES string of the molecule is C=C(CC(C)(C)CCC)NCC(CC)CC. The molecule has 1 nitrogen and oxygen atoms in total. The first-order valence-electron chi connectivity index (χ1n) is 6.86. The Balaban J connectivity index is 3.90. The predicted molar refractivity (Wildman–Crippen MR) is 74.5 cm³/mol. The van der Waals surface area contributed by atoms with Crippen molar-refractivity contribution >= 4 is 0 Å². The predicted octanol–water partition coefficient (Wildman–Crippen LogP) is 4.74. The van der Waals surface area contributed by atoms with Gasteiger partial charge in [-0.15, -0.1) is 0 Å². The molecule has 16 heavy (non-hydrogen) atoms. The normalized spacial score (nSPS) is 11.9. The summed E-state index contributed by atoms with van der Waals surface area (Å²) in [6, 6.07) is 0. The summed E-state index contributed by atoms with van der Waals surface area (Å²) in [6.45, 7) is 16.7. The van der Waals surface area contributed by atoms with Crippen molar-refractivity contribution in [3.8, 4) is 0 Å². The number of hydrogen-bond acceptors (Lipinski definition) is 1. The molecule has 0 aliphatic rings. The molecule has 1 heteroatoms. The highest BCUT2D eigenvalue weighted by Gasteiger charge is 2.17. The average molecular weight is 225 g/mol. The summed E-state index contributed by atoms with van der Waals surface area (Å²) >= 11 is 0. The maximum absolute atomic E-state index is 4.15. The lowest BCUT2D eigenvalue weighted by molar-refractivity contribution is 0.318. The van der Waals surface area contributed by atoms with Crippen LogP contribution in [0.4, 0.5) is 0 Å². The molecule has 1 N–H and O–H groups in total. The Morgan fingerprint density at radius 1 is 1.19 bits per heavy atom. The summed E-state index contributed by atoms with van der Waals surface area (Å²) in [7, 11) is 0. The number of nitrogens with one attached hydrogen (secondary N) is 1. The minimum absolute atomic E-state index is 0.396. The highest BCUT2D eigenvalue weighted by molar-refractivity contribution is 4.96. The fourth-order valence-electron chi connectivity index (χ4n) is 2.27. The zero-order valence-corrected chi connectivity index (χ0v) is 12.0. The summed E-state index contributed by atoms with van der Waals surface area (Å²) in [4.78, 5) is 0. The number of hydrogen-bond donors (Lipinski definition) is 1. The molecule has 0 fully saturated rings. The lowest BCUT2D eigenvalue weighted by Crippen LogP contribution is -2.24. The van der Waals surface area contributed by atoms with Gasteiger partial charge in [0.2, 0.25) is 0 Å². The molecule has 0 radical (unpaired) electrons. The molecule has 0 bridgehead atoms. The van der Waals surface area contributed by atoms with E-state index in [0.717, 1.165) is 18.9 Å². The first-order valence-corrected chi connectivity index (χ1v) is 6.86. The molecular weight excluding hydrogens is 194 g/mol. The molecule has 0 unspecified atom stereocenters. The summed E-state index contributed by atoms with van der Waals surface area (Å²) < 4.78 is 0. The minimum atomic E-state index is 0.396. The van der Waals surface area contributed by atoms with Gasteiger partial charge in [-0.3, -0.25) is 0 Å². The molecule has 0 heterocycles. The Labute approximate surface area is 103 Å². The Hall–Kier alpha value is -0.460. The molecule has 0 rings (SSSR count). The first kappa shape index (κ1) is 15.5. The van der Waals surface area contributed by atoms with Crippen LogP contribution in [0.15, 0.2) is 12.3 Å². The molecule has 0 spiro atoms. The quantitative estimate of drug-likeness (QED) is 0.597. The van der Waals surface area contributed by atoms with E-state index in [1.807, 2.05) is 0 Å². The molecule has 0 amide bonds. The molecule has 0 atom stereocenters. The minimum Gasteiger partial charge on any atom is -0.389 e. The smallest absolute Gasteiger partial charge is 0.0171 e. The van der Waals surface area contributed by atoms with E-state index in [1.165, 1.54) is 31.4 Å². The van der Waals surface area contributed by atoms with Crippen LogP contribution in [0.5, 0.6) is 0 Å². The van der Waals surface area contributed by atoms with Crippen LogP contribution in [0.3, 0.4) is 0 Å². The van der Waals surface area contributed by atoms with E-state index in [9.17, 15) is 0 Å². The van der Waals surface area contributed by atoms with Crippen LogP contribution in [-0.4, -0.2) is 6.54 Å². The van der Waals surface area contributed by atoms with Crippen molar-refractivity contribution in [2.45, 2.75) is 66.7 Å². The zero-order valence-electron chi connectivity index (χ0n) is 12.0. The monoisotopic (exact) mass is 225 g/mol. The van der Waals surface area contributed by atoms with E-state index in [-0.39, 0.29) is 0 Å². The van der Waals surface area contributed by atoms with Crippen molar-refractivity contribution in [3.05, 3.63) is 12.3 Å². The molecule has 0 aromatic heterocycles. The second kappa shape index (κ2) is 7.76. The van der Waals surface area contributed by atoms with Crippen molar-refractivity contribution in [1.82, 2.24) is 5.32 Å². The van der Waals surface area contributed by atoms with Gasteiger partial charge in [-0.05, 0) is 24.2 Å². The van der Waals surface area contributed by atoms with Crippen LogP contribution in [-0.2, 0) is 0 Å². The van der Waals surface area contributed by atoms with Crippen LogP contribution in [0.25, 0.3) is 0 Å². The van der Waals surface area contributed by atoms with Gasteiger partial charge in [-0.1, -0.05) is 60.5 Å². The molecular formula is C15H31N. The van der Waals surface area contributed by atoms with Gasteiger partial charge in [-0.2, -0.15) is 0 Å². The Morgan fingerprint density at radius 2 is 1.75 bits per heavy atom. The van der Waals surface area contributed by atoms with Gasteiger partial charge in [0.05, 0.1) is 0 Å². The third-order valence-electron chi connectivity index (χ3n) is 3.41. The fraction of sp³-hybridized carbons (Fsp3) is 0.867. The molecule has 0 saturated carbocycles. The number of allylic oxidation sites excluding steroid dienone is 1. The van der Waals surface area contributed by atoms with E-state index in [0.29, 0.717) is 5.41 Å². The fourth-order valence-corrected chi connectivity index (χ4v) is 2.27. The largest absolute Gasteiger partial charge is 0.389 e. The van der Waals surface area contributed by atoms with E-state index < -0.39 is 0 Å². The van der Waals surface area contributed by atoms with Crippen molar-refractivity contribution < 1.29 is 0 Å². The average Bonchev–Trinajstić information content (AvgIpc) is 2.18. The molecule has 96 valence electrons. The van der Waals surface area contributed by atoms with Gasteiger partial charge >= 0.3 is 0 Å². The van der Waals surface area contributed by atoms with E-state index >= 15 is 0 Å². The maximum Gasteiger partial charge on any atom is 0.0171 e. The summed E-state index contributed by atoms with van der Waals surface area (Å²) in [6.07, 6.45) is 6.15. The van der Waals surface area contributed by atoms with Gasteiger partial charge in [0, 0.05) is 12.2 Å². The van der Waals surface area contributed by atoms with Gasteiger partial charge in [0.25, 0.3) is 0 Å². The van der Waals surface area contributed by atoms with Crippen LogP contribution in [0.2, 0.25) is 0 Å². The lowest BCUT2D eigenvalue weighted by Gasteiger charge is -2.26. The standard InChI is InChI=1S/C15H31N/c1-7-10-15(5,6)11-13(4)16-12-14(8-2)9-3/h14,16H,4,7-12H2,1-3,5-6H3. The Kier molecular flexibility index (Phi) is 7.53. The molecule has 0 saturated heterocycles. The highest BCUT2D eigenvalue weighted by Crippen LogP contribution is 2.28. The third kappa shape index (κ3) is 6.92. The topological polar surface area (TPSA) is 12.0 Å². The Morgan fingerprint density at radius 3 is 2.19 bits per heavy atom. The number of rotatable bonds is 9. The van der Waals surface area contributed by atoms with Crippen molar-refractivity contribution in [1.29, 1.82) is 0 Å². The molecule has 0 aromatic carbocycles. The maximum atomic E-state index is 4.15. The van der Waals surface area contributed by atoms with Gasteiger partial charge in [-0.25, -0.2) is 0 Å². The van der Waals surface area contributed by atoms with Gasteiger partial charge in [0.15, 0.2) is 0 Å². The first-order chi connectivity index (χ1) is 7.45. The van der Waals surface area contributed by atoms with Crippen LogP contribution in [0, 0.1) is 11.3 Å². The van der Waals surface area contributed by atoms with Crippen molar-refractivity contribution in [2.75, 3.05) is 6.54 Å². The summed E-state index contributed by atoms with van der Waals surface area (Å²) in [5.41, 5.74) is 1.61. The van der Waals surface area contributed by atoms with Crippen LogP contribution < -0.4 is 5.32 Å². The van der Waals surface area contributed by atoms with Crippen LogP contribution >= 0.6 is 0 Å². The van der Waals surface area contributed by atoms with Crippen LogP contribution in [0.1, 0.15) is 66.7 Å². The summed E-state index contributed by atoms with van der Waals surface area (Å²) in [5, 5.41) is 3.50. The van der Waals surface area contributed by atoms with E-state index in [1.54, 1.807) is 0 Å². The lowest BCUT2D eigenvalue weighted by atomic mass is 9.83. The van der Waals surface area contributed by atoms with E-state index in [2.05, 4.69) is 46.5 Å². The Bertz CT molecular complexity index is 190. The second-order valence-corrected chi connectivity index (χ2v) is 5.76. The molecule has 0 aliphatic heterocycles. The van der Waals surface area contributed by atoms with E-state index in [4.69, 9.17) is 0 Å². The summed E-state index contributed by atoms with van der Waals surface area (Å²) in [5.74, 6) is 0.797. The second-order valence-electron chi connectivity index (χ2n) is 5.76. The molecule has 0 aliphatic carbocycles. The highest BCUT2D eigenvalue weighted by atomic mass is 14.9. The van der Waals surface area contributed by atoms with Crippen molar-refractivity contribution in [2.24, 2.45) is 11.3 Å². The van der Waals surface area contributed by atoms with Gasteiger partial charge < -0.3 is 5.32 Å². The van der Waals surface area contributed by atoms with Gasteiger partial charge in [0.1, 0.15) is 0 Å². The third-order valence-corrected chi connectivity index (χ3v) is 3.41. The van der Waals surface area contributed by atoms with Crippen molar-refractivity contribution in [3.63, 3.8) is 0 Å². The molecule has 0 aromatic rings. The zero-order chi connectivity index (χ0) is 12.6.